The number of halogens is 1. The fourth-order valence-electron chi connectivity index (χ4n) is 4.94. The smallest absolute Gasteiger partial charge is 0.330 e. The number of imide groups is 1. The maximum atomic E-state index is 13.9. The van der Waals surface area contributed by atoms with Gasteiger partial charge in [0.15, 0.2) is 5.54 Å². The third-order valence-corrected chi connectivity index (χ3v) is 6.54. The lowest BCUT2D eigenvalue weighted by Crippen LogP contribution is -2.58. The standard InChI is InChI=1S/C25H23FN2O5/c1-3-27-22(30)19-18(13-12-15-8-5-4-6-9-15)28(21(29)16-10-7-11-17(26)14-16)25(2,24(32)33)20(19)23(27)31/h4-14,18-20H,3H2,1-2H3,(H,32,33). The number of amides is 3. The summed E-state index contributed by atoms with van der Waals surface area (Å²) in [4.78, 5) is 54.6. The predicted molar refractivity (Wildman–Crippen MR) is 117 cm³/mol. The first-order chi connectivity index (χ1) is 15.7. The topological polar surface area (TPSA) is 95.0 Å². The van der Waals surface area contributed by atoms with Crippen molar-refractivity contribution in [1.82, 2.24) is 9.80 Å². The van der Waals surface area contributed by atoms with Gasteiger partial charge in [-0.25, -0.2) is 9.18 Å². The van der Waals surface area contributed by atoms with Crippen molar-refractivity contribution >= 4 is 29.8 Å². The van der Waals surface area contributed by atoms with Gasteiger partial charge in [0.25, 0.3) is 5.91 Å². The van der Waals surface area contributed by atoms with Crippen LogP contribution in [-0.4, -0.2) is 56.7 Å². The molecule has 0 radical (unpaired) electrons. The Hall–Kier alpha value is -3.81. The number of hydrogen-bond acceptors (Lipinski definition) is 4. The highest BCUT2D eigenvalue weighted by Crippen LogP contribution is 2.50. The fraction of sp³-hybridized carbons (Fsp3) is 0.280. The number of carbonyl (C=O) groups excluding carboxylic acids is 3. The van der Waals surface area contributed by atoms with Crippen LogP contribution in [0.3, 0.4) is 0 Å². The van der Waals surface area contributed by atoms with Gasteiger partial charge in [0.1, 0.15) is 5.82 Å². The third kappa shape index (κ3) is 3.42. The van der Waals surface area contributed by atoms with Crippen LogP contribution in [0.15, 0.2) is 60.7 Å². The Morgan fingerprint density at radius 2 is 1.79 bits per heavy atom. The van der Waals surface area contributed by atoms with Gasteiger partial charge in [0, 0.05) is 12.1 Å². The SMILES string of the molecule is CCN1C(=O)C2C(C=Cc3ccccc3)N(C(=O)c3cccc(F)c3)C(C)(C(=O)O)C2C1=O. The highest BCUT2D eigenvalue weighted by molar-refractivity contribution is 6.11. The molecule has 2 aliphatic rings. The second-order valence-electron chi connectivity index (χ2n) is 8.32. The summed E-state index contributed by atoms with van der Waals surface area (Å²) in [5.41, 5.74) is -1.29. The van der Waals surface area contributed by atoms with Crippen molar-refractivity contribution in [2.45, 2.75) is 25.4 Å². The molecule has 2 aliphatic heterocycles. The summed E-state index contributed by atoms with van der Waals surface area (Å²) >= 11 is 0. The van der Waals surface area contributed by atoms with Crippen LogP contribution in [0.4, 0.5) is 4.39 Å². The van der Waals surface area contributed by atoms with E-state index in [-0.39, 0.29) is 12.1 Å². The molecule has 7 nitrogen and oxygen atoms in total. The minimum Gasteiger partial charge on any atom is -0.479 e. The van der Waals surface area contributed by atoms with Crippen LogP contribution in [0, 0.1) is 17.7 Å². The molecule has 8 heteroatoms. The van der Waals surface area contributed by atoms with Crippen LogP contribution in [0.5, 0.6) is 0 Å². The number of carbonyl (C=O) groups is 4. The molecule has 4 unspecified atom stereocenters. The first kappa shape index (κ1) is 22.4. The normalized spacial score (nSPS) is 26.8. The Morgan fingerprint density at radius 1 is 1.09 bits per heavy atom. The molecule has 2 saturated heterocycles. The maximum absolute atomic E-state index is 13.9. The molecule has 33 heavy (non-hydrogen) atoms. The Bertz CT molecular complexity index is 1160. The van der Waals surface area contributed by atoms with Gasteiger partial charge in [-0.2, -0.15) is 0 Å². The van der Waals surface area contributed by atoms with Gasteiger partial charge in [-0.1, -0.05) is 48.6 Å². The van der Waals surface area contributed by atoms with E-state index in [1.165, 1.54) is 25.1 Å². The summed E-state index contributed by atoms with van der Waals surface area (Å²) in [5, 5.41) is 10.2. The number of rotatable bonds is 5. The van der Waals surface area contributed by atoms with E-state index >= 15 is 0 Å². The van der Waals surface area contributed by atoms with Gasteiger partial charge in [0.2, 0.25) is 11.8 Å². The van der Waals surface area contributed by atoms with E-state index < -0.39 is 52.9 Å². The van der Waals surface area contributed by atoms with Crippen molar-refractivity contribution in [2.75, 3.05) is 6.54 Å². The average molecular weight is 450 g/mol. The summed E-state index contributed by atoms with van der Waals surface area (Å²) in [6.45, 7) is 3.03. The molecule has 2 fully saturated rings. The van der Waals surface area contributed by atoms with E-state index in [0.717, 1.165) is 21.4 Å². The van der Waals surface area contributed by atoms with E-state index in [1.807, 2.05) is 30.3 Å². The monoisotopic (exact) mass is 450 g/mol. The molecule has 0 aromatic heterocycles. The number of likely N-dealkylation sites (tertiary alicyclic amines) is 2. The van der Waals surface area contributed by atoms with Crippen LogP contribution < -0.4 is 0 Å². The van der Waals surface area contributed by atoms with Crippen LogP contribution in [0.1, 0.15) is 29.8 Å². The molecule has 2 heterocycles. The fourth-order valence-corrected chi connectivity index (χ4v) is 4.94. The second-order valence-corrected chi connectivity index (χ2v) is 8.32. The van der Waals surface area contributed by atoms with E-state index in [0.29, 0.717) is 0 Å². The molecule has 0 bridgehead atoms. The van der Waals surface area contributed by atoms with Gasteiger partial charge in [0.05, 0.1) is 17.9 Å². The number of nitrogens with zero attached hydrogens (tertiary/aromatic N) is 2. The predicted octanol–water partition coefficient (Wildman–Crippen LogP) is 2.83. The molecule has 0 aliphatic carbocycles. The van der Waals surface area contributed by atoms with Crippen molar-refractivity contribution in [1.29, 1.82) is 0 Å². The lowest BCUT2D eigenvalue weighted by atomic mass is 9.81. The quantitative estimate of drug-likeness (QED) is 0.707. The molecular weight excluding hydrogens is 427 g/mol. The molecule has 4 rings (SSSR count). The summed E-state index contributed by atoms with van der Waals surface area (Å²) in [6.07, 6.45) is 3.27. The summed E-state index contributed by atoms with van der Waals surface area (Å²) in [7, 11) is 0. The Balaban J connectivity index is 1.89. The second kappa shape index (κ2) is 8.27. The molecule has 170 valence electrons. The van der Waals surface area contributed by atoms with Gasteiger partial charge in [-0.05, 0) is 37.6 Å². The summed E-state index contributed by atoms with van der Waals surface area (Å²) in [5.74, 6) is -6.28. The van der Waals surface area contributed by atoms with Gasteiger partial charge < -0.3 is 10.0 Å². The van der Waals surface area contributed by atoms with Crippen molar-refractivity contribution in [3.8, 4) is 0 Å². The number of benzene rings is 2. The lowest BCUT2D eigenvalue weighted by Gasteiger charge is -2.37. The minimum atomic E-state index is -2.00. The van der Waals surface area contributed by atoms with Crippen LogP contribution in [0.2, 0.25) is 0 Å². The first-order valence-corrected chi connectivity index (χ1v) is 10.6. The van der Waals surface area contributed by atoms with E-state index in [2.05, 4.69) is 0 Å². The summed E-state index contributed by atoms with van der Waals surface area (Å²) < 4.78 is 13.9. The number of aliphatic carboxylic acids is 1. The molecule has 2 aromatic rings. The van der Waals surface area contributed by atoms with Gasteiger partial charge in [-0.3, -0.25) is 19.3 Å². The van der Waals surface area contributed by atoms with Gasteiger partial charge >= 0.3 is 5.97 Å². The zero-order valence-electron chi connectivity index (χ0n) is 18.1. The minimum absolute atomic E-state index is 0.0622. The Kier molecular flexibility index (Phi) is 5.61. The zero-order chi connectivity index (χ0) is 23.9. The van der Waals surface area contributed by atoms with E-state index in [4.69, 9.17) is 0 Å². The van der Waals surface area contributed by atoms with Gasteiger partial charge in [-0.15, -0.1) is 0 Å². The molecule has 1 N–H and O–H groups in total. The molecule has 0 saturated carbocycles. The van der Waals surface area contributed by atoms with Crippen molar-refractivity contribution < 1.29 is 28.7 Å². The van der Waals surface area contributed by atoms with Crippen molar-refractivity contribution in [2.24, 2.45) is 11.8 Å². The zero-order valence-corrected chi connectivity index (χ0v) is 18.1. The van der Waals surface area contributed by atoms with Crippen LogP contribution in [0.25, 0.3) is 6.08 Å². The highest BCUT2D eigenvalue weighted by atomic mass is 19.1. The number of hydrogen-bond donors (Lipinski definition) is 1. The van der Waals surface area contributed by atoms with Crippen LogP contribution >= 0.6 is 0 Å². The Labute approximate surface area is 190 Å². The highest BCUT2D eigenvalue weighted by Gasteiger charge is 2.70. The molecule has 4 atom stereocenters. The maximum Gasteiger partial charge on any atom is 0.330 e. The van der Waals surface area contributed by atoms with Crippen LogP contribution in [-0.2, 0) is 14.4 Å². The molecule has 3 amide bonds. The summed E-state index contributed by atoms with van der Waals surface area (Å²) in [6, 6.07) is 13.0. The number of fused-ring (bicyclic) bond motifs is 1. The average Bonchev–Trinajstić information content (AvgIpc) is 3.22. The Morgan fingerprint density at radius 3 is 2.39 bits per heavy atom. The van der Waals surface area contributed by atoms with E-state index in [1.54, 1.807) is 19.1 Å². The number of carboxylic acids is 1. The first-order valence-electron chi connectivity index (χ1n) is 10.6. The third-order valence-electron chi connectivity index (χ3n) is 6.54. The largest absolute Gasteiger partial charge is 0.479 e. The molecule has 2 aromatic carbocycles. The lowest BCUT2D eigenvalue weighted by molar-refractivity contribution is -0.154. The molecular formula is C25H23FN2O5. The molecule has 0 spiro atoms. The van der Waals surface area contributed by atoms with E-state index in [9.17, 15) is 28.7 Å². The number of carboxylic acid groups (broad SMARTS) is 1. The van der Waals surface area contributed by atoms with Crippen molar-refractivity contribution in [3.05, 3.63) is 77.6 Å². The van der Waals surface area contributed by atoms with Crippen molar-refractivity contribution in [3.63, 3.8) is 0 Å².